The van der Waals surface area contributed by atoms with Crippen LogP contribution in [0.3, 0.4) is 0 Å². The molecule has 0 saturated heterocycles. The summed E-state index contributed by atoms with van der Waals surface area (Å²) in [6.07, 6.45) is 0.983. The fraction of sp³-hybridized carbons (Fsp3) is 0.412. The van der Waals surface area contributed by atoms with Gasteiger partial charge < -0.3 is 5.32 Å². The van der Waals surface area contributed by atoms with Gasteiger partial charge in [-0.3, -0.25) is 4.79 Å². The van der Waals surface area contributed by atoms with E-state index >= 15 is 0 Å². The number of nitrogens with zero attached hydrogens (tertiary/aromatic N) is 2. The van der Waals surface area contributed by atoms with Gasteiger partial charge in [0, 0.05) is 6.54 Å². The Morgan fingerprint density at radius 3 is 2.52 bits per heavy atom. The molecule has 1 amide bonds. The standard InChI is InChI=1S/C17H23N3O/c1-12(2)10-11-18-17(21)16-13(3)19-20(14(16)4)15-8-6-5-7-9-15/h5-9,12H,10-11H2,1-4H3,(H,18,21). The Kier molecular flexibility index (Phi) is 4.78. The molecule has 1 aromatic heterocycles. The van der Waals surface area contributed by atoms with Gasteiger partial charge in [-0.25, -0.2) is 4.68 Å². The molecule has 0 aliphatic rings. The number of carbonyl (C=O) groups is 1. The van der Waals surface area contributed by atoms with Crippen molar-refractivity contribution in [2.45, 2.75) is 34.1 Å². The van der Waals surface area contributed by atoms with E-state index in [1.54, 1.807) is 0 Å². The van der Waals surface area contributed by atoms with Crippen molar-refractivity contribution in [1.29, 1.82) is 0 Å². The summed E-state index contributed by atoms with van der Waals surface area (Å²) in [5.41, 5.74) is 3.29. The minimum absolute atomic E-state index is 0.0344. The third-order valence-corrected chi connectivity index (χ3v) is 3.53. The first-order valence-corrected chi connectivity index (χ1v) is 7.40. The first kappa shape index (κ1) is 15.3. The minimum Gasteiger partial charge on any atom is -0.352 e. The van der Waals surface area contributed by atoms with E-state index in [0.717, 1.165) is 23.5 Å². The lowest BCUT2D eigenvalue weighted by Gasteiger charge is -2.08. The minimum atomic E-state index is -0.0344. The van der Waals surface area contributed by atoms with Gasteiger partial charge in [0.1, 0.15) is 0 Å². The third kappa shape index (κ3) is 3.51. The van der Waals surface area contributed by atoms with Gasteiger partial charge in [0.25, 0.3) is 5.91 Å². The second kappa shape index (κ2) is 6.57. The molecule has 2 aromatic rings. The Bertz CT molecular complexity index is 614. The molecule has 0 bridgehead atoms. The Balaban J connectivity index is 2.22. The summed E-state index contributed by atoms with van der Waals surface area (Å²) >= 11 is 0. The molecule has 0 saturated carbocycles. The van der Waals surface area contributed by atoms with Crippen LogP contribution in [0.2, 0.25) is 0 Å². The van der Waals surface area contributed by atoms with Crippen LogP contribution in [0.4, 0.5) is 0 Å². The molecule has 1 aromatic carbocycles. The van der Waals surface area contributed by atoms with Crippen LogP contribution < -0.4 is 5.32 Å². The summed E-state index contributed by atoms with van der Waals surface area (Å²) in [5, 5.41) is 7.48. The Hall–Kier alpha value is -2.10. The summed E-state index contributed by atoms with van der Waals surface area (Å²) in [5.74, 6) is 0.548. The first-order chi connectivity index (χ1) is 10.0. The maximum absolute atomic E-state index is 12.3. The van der Waals surface area contributed by atoms with E-state index in [4.69, 9.17) is 0 Å². The largest absolute Gasteiger partial charge is 0.352 e. The molecule has 0 radical (unpaired) electrons. The third-order valence-electron chi connectivity index (χ3n) is 3.53. The van der Waals surface area contributed by atoms with Crippen LogP contribution in [0.5, 0.6) is 0 Å². The number of aromatic nitrogens is 2. The van der Waals surface area contributed by atoms with E-state index in [2.05, 4.69) is 24.3 Å². The van der Waals surface area contributed by atoms with Gasteiger partial charge in [0.15, 0.2) is 0 Å². The van der Waals surface area contributed by atoms with Gasteiger partial charge in [-0.15, -0.1) is 0 Å². The number of para-hydroxylation sites is 1. The molecule has 0 aliphatic heterocycles. The number of rotatable bonds is 5. The second-order valence-corrected chi connectivity index (χ2v) is 5.73. The van der Waals surface area contributed by atoms with Crippen molar-refractivity contribution >= 4 is 5.91 Å². The topological polar surface area (TPSA) is 46.9 Å². The first-order valence-electron chi connectivity index (χ1n) is 7.40. The van der Waals surface area contributed by atoms with Gasteiger partial charge in [-0.2, -0.15) is 5.10 Å². The van der Waals surface area contributed by atoms with Gasteiger partial charge >= 0.3 is 0 Å². The smallest absolute Gasteiger partial charge is 0.255 e. The second-order valence-electron chi connectivity index (χ2n) is 5.73. The predicted octanol–water partition coefficient (Wildman–Crippen LogP) is 3.27. The van der Waals surface area contributed by atoms with Gasteiger partial charge in [0.2, 0.25) is 0 Å². The van der Waals surface area contributed by atoms with E-state index < -0.39 is 0 Å². The predicted molar refractivity (Wildman–Crippen MR) is 84.8 cm³/mol. The lowest BCUT2D eigenvalue weighted by atomic mass is 10.1. The van der Waals surface area contributed by atoms with Crippen molar-refractivity contribution in [2.24, 2.45) is 5.92 Å². The summed E-state index contributed by atoms with van der Waals surface area (Å²) in [7, 11) is 0. The van der Waals surface area contributed by atoms with E-state index in [1.165, 1.54) is 0 Å². The van der Waals surface area contributed by atoms with Crippen LogP contribution in [0.1, 0.15) is 42.0 Å². The monoisotopic (exact) mass is 285 g/mol. The summed E-state index contributed by atoms with van der Waals surface area (Å²) in [6, 6.07) is 9.87. The molecule has 0 aliphatic carbocycles. The van der Waals surface area contributed by atoms with Crippen molar-refractivity contribution in [3.8, 4) is 5.69 Å². The molecule has 1 N–H and O–H groups in total. The van der Waals surface area contributed by atoms with E-state index in [-0.39, 0.29) is 5.91 Å². The quantitative estimate of drug-likeness (QED) is 0.916. The number of hydrogen-bond donors (Lipinski definition) is 1. The van der Waals surface area contributed by atoms with E-state index in [1.807, 2.05) is 48.9 Å². The lowest BCUT2D eigenvalue weighted by molar-refractivity contribution is 0.0951. The maximum Gasteiger partial charge on any atom is 0.255 e. The van der Waals surface area contributed by atoms with Crippen molar-refractivity contribution < 1.29 is 4.79 Å². The average molecular weight is 285 g/mol. The number of aryl methyl sites for hydroxylation is 1. The van der Waals surface area contributed by atoms with Crippen LogP contribution in [-0.2, 0) is 0 Å². The van der Waals surface area contributed by atoms with Crippen LogP contribution in [0.15, 0.2) is 30.3 Å². The molecule has 0 unspecified atom stereocenters. The van der Waals surface area contributed by atoms with Crippen LogP contribution in [-0.4, -0.2) is 22.2 Å². The molecule has 0 fully saturated rings. The van der Waals surface area contributed by atoms with Crippen LogP contribution in [0, 0.1) is 19.8 Å². The van der Waals surface area contributed by atoms with Crippen LogP contribution in [0.25, 0.3) is 5.69 Å². The zero-order valence-electron chi connectivity index (χ0n) is 13.2. The number of hydrogen-bond acceptors (Lipinski definition) is 2. The summed E-state index contributed by atoms with van der Waals surface area (Å²) < 4.78 is 1.83. The fourth-order valence-corrected chi connectivity index (χ4v) is 2.35. The lowest BCUT2D eigenvalue weighted by Crippen LogP contribution is -2.26. The number of nitrogens with one attached hydrogen (secondary N) is 1. The van der Waals surface area contributed by atoms with E-state index in [9.17, 15) is 4.79 Å². The van der Waals surface area contributed by atoms with Gasteiger partial charge in [-0.1, -0.05) is 32.0 Å². The zero-order chi connectivity index (χ0) is 15.4. The molecule has 4 nitrogen and oxygen atoms in total. The molecule has 1 heterocycles. The highest BCUT2D eigenvalue weighted by Gasteiger charge is 2.18. The number of carbonyl (C=O) groups excluding carboxylic acids is 1. The Morgan fingerprint density at radius 2 is 1.90 bits per heavy atom. The van der Waals surface area contributed by atoms with Crippen molar-refractivity contribution in [3.63, 3.8) is 0 Å². The SMILES string of the molecule is Cc1nn(-c2ccccc2)c(C)c1C(=O)NCCC(C)C. The summed E-state index contributed by atoms with van der Waals surface area (Å²) in [4.78, 5) is 12.3. The molecular weight excluding hydrogens is 262 g/mol. The molecule has 112 valence electrons. The van der Waals surface area contributed by atoms with Crippen molar-refractivity contribution in [3.05, 3.63) is 47.3 Å². The number of benzene rings is 1. The zero-order valence-corrected chi connectivity index (χ0v) is 13.2. The average Bonchev–Trinajstić information content (AvgIpc) is 2.74. The number of amides is 1. The Labute approximate surface area is 126 Å². The van der Waals surface area contributed by atoms with E-state index in [0.29, 0.717) is 18.0 Å². The molecule has 2 rings (SSSR count). The molecular formula is C17H23N3O. The van der Waals surface area contributed by atoms with Crippen LogP contribution >= 0.6 is 0 Å². The maximum atomic E-state index is 12.3. The Morgan fingerprint density at radius 1 is 1.24 bits per heavy atom. The molecule has 4 heteroatoms. The normalized spacial score (nSPS) is 10.9. The highest BCUT2D eigenvalue weighted by atomic mass is 16.1. The highest BCUT2D eigenvalue weighted by Crippen LogP contribution is 2.17. The van der Waals surface area contributed by atoms with Gasteiger partial charge in [0.05, 0.1) is 22.6 Å². The molecule has 21 heavy (non-hydrogen) atoms. The van der Waals surface area contributed by atoms with Crippen molar-refractivity contribution in [2.75, 3.05) is 6.54 Å². The fourth-order valence-electron chi connectivity index (χ4n) is 2.35. The van der Waals surface area contributed by atoms with Crippen molar-refractivity contribution in [1.82, 2.24) is 15.1 Å². The molecule has 0 atom stereocenters. The highest BCUT2D eigenvalue weighted by molar-refractivity contribution is 5.96. The molecule has 0 spiro atoms. The summed E-state index contributed by atoms with van der Waals surface area (Å²) in [6.45, 7) is 8.81. The van der Waals surface area contributed by atoms with Gasteiger partial charge in [-0.05, 0) is 38.3 Å².